The molecule has 1 aliphatic heterocycles. The second kappa shape index (κ2) is 7.09. The number of ether oxygens (including phenoxy) is 1. The van der Waals surface area contributed by atoms with Crippen molar-refractivity contribution in [3.8, 4) is 0 Å². The number of piperidine rings is 1. The van der Waals surface area contributed by atoms with Gasteiger partial charge < -0.3 is 9.64 Å². The monoisotopic (exact) mass is 309 g/mol. The number of carbonyl (C=O) groups excluding carboxylic acids is 2. The van der Waals surface area contributed by atoms with Crippen molar-refractivity contribution in [2.75, 3.05) is 6.54 Å². The van der Waals surface area contributed by atoms with Gasteiger partial charge >= 0.3 is 6.09 Å². The van der Waals surface area contributed by atoms with Gasteiger partial charge in [-0.2, -0.15) is 0 Å². The molecule has 0 spiro atoms. The Labute approximate surface area is 135 Å². The average Bonchev–Trinajstić information content (AvgIpc) is 2.61. The van der Waals surface area contributed by atoms with Gasteiger partial charge in [-0.25, -0.2) is 4.79 Å². The van der Waals surface area contributed by atoms with Gasteiger partial charge in [-0.15, -0.1) is 0 Å². The Hall–Kier alpha value is -2.62. The Kier molecular flexibility index (Phi) is 4.71. The van der Waals surface area contributed by atoms with Gasteiger partial charge in [0.2, 0.25) is 0 Å². The van der Waals surface area contributed by atoms with Crippen LogP contribution in [0.25, 0.3) is 0 Å². The fraction of sp³-hybridized carbons (Fsp3) is 0.263. The first kappa shape index (κ1) is 15.3. The predicted octanol–water partition coefficient (Wildman–Crippen LogP) is 3.73. The summed E-state index contributed by atoms with van der Waals surface area (Å²) < 4.78 is 5.43. The van der Waals surface area contributed by atoms with Crippen LogP contribution in [0, 0.1) is 0 Å². The molecule has 23 heavy (non-hydrogen) atoms. The SMILES string of the molecule is O=C1CCN(C(=O)OCc2ccccc2)[C@H](c2ccccc2)C1. The van der Waals surface area contributed by atoms with E-state index in [2.05, 4.69) is 0 Å². The molecule has 2 aromatic rings. The highest BCUT2D eigenvalue weighted by Crippen LogP contribution is 2.29. The number of ketones is 1. The number of benzene rings is 2. The molecule has 1 fully saturated rings. The lowest BCUT2D eigenvalue weighted by molar-refractivity contribution is -0.122. The van der Waals surface area contributed by atoms with Crippen LogP contribution in [-0.4, -0.2) is 23.3 Å². The molecule has 118 valence electrons. The Morgan fingerprint density at radius 1 is 1.04 bits per heavy atom. The summed E-state index contributed by atoms with van der Waals surface area (Å²) in [6.07, 6.45) is 0.379. The van der Waals surface area contributed by atoms with E-state index in [-0.39, 0.29) is 24.5 Å². The van der Waals surface area contributed by atoms with Crippen LogP contribution in [-0.2, 0) is 16.1 Å². The molecule has 2 aromatic carbocycles. The molecule has 3 rings (SSSR count). The van der Waals surface area contributed by atoms with Crippen molar-refractivity contribution in [1.29, 1.82) is 0 Å². The molecule has 1 amide bonds. The second-order valence-electron chi connectivity index (χ2n) is 5.65. The van der Waals surface area contributed by atoms with Crippen LogP contribution in [0.2, 0.25) is 0 Å². The van der Waals surface area contributed by atoms with E-state index in [0.29, 0.717) is 19.4 Å². The van der Waals surface area contributed by atoms with Crippen LogP contribution in [0.5, 0.6) is 0 Å². The number of nitrogens with zero attached hydrogens (tertiary/aromatic N) is 1. The van der Waals surface area contributed by atoms with Gasteiger partial charge in [0, 0.05) is 19.4 Å². The third-order valence-electron chi connectivity index (χ3n) is 4.05. The Morgan fingerprint density at radius 2 is 1.70 bits per heavy atom. The van der Waals surface area contributed by atoms with Crippen molar-refractivity contribution in [3.63, 3.8) is 0 Å². The number of amides is 1. The molecule has 0 N–H and O–H groups in total. The van der Waals surface area contributed by atoms with Crippen LogP contribution in [0.15, 0.2) is 60.7 Å². The molecule has 0 unspecified atom stereocenters. The Bertz CT molecular complexity index is 670. The highest BCUT2D eigenvalue weighted by molar-refractivity contribution is 5.82. The number of hydrogen-bond donors (Lipinski definition) is 0. The van der Waals surface area contributed by atoms with Gasteiger partial charge in [-0.1, -0.05) is 60.7 Å². The summed E-state index contributed by atoms with van der Waals surface area (Å²) in [5.74, 6) is 0.186. The molecule has 4 heteroatoms. The summed E-state index contributed by atoms with van der Waals surface area (Å²) in [5.41, 5.74) is 1.92. The summed E-state index contributed by atoms with van der Waals surface area (Å²) in [7, 11) is 0. The van der Waals surface area contributed by atoms with E-state index in [9.17, 15) is 9.59 Å². The smallest absolute Gasteiger partial charge is 0.410 e. The number of rotatable bonds is 3. The molecule has 1 atom stereocenters. The van der Waals surface area contributed by atoms with Crippen LogP contribution in [0.3, 0.4) is 0 Å². The molecule has 0 bridgehead atoms. The fourth-order valence-electron chi connectivity index (χ4n) is 2.82. The van der Waals surface area contributed by atoms with E-state index in [1.807, 2.05) is 60.7 Å². The largest absolute Gasteiger partial charge is 0.445 e. The highest BCUT2D eigenvalue weighted by atomic mass is 16.6. The van der Waals surface area contributed by atoms with Crippen molar-refractivity contribution >= 4 is 11.9 Å². The Balaban J connectivity index is 1.70. The van der Waals surface area contributed by atoms with Crippen LogP contribution >= 0.6 is 0 Å². The van der Waals surface area contributed by atoms with Crippen molar-refractivity contribution in [3.05, 3.63) is 71.8 Å². The zero-order chi connectivity index (χ0) is 16.1. The van der Waals surface area contributed by atoms with Gasteiger partial charge in [0.25, 0.3) is 0 Å². The second-order valence-corrected chi connectivity index (χ2v) is 5.65. The van der Waals surface area contributed by atoms with Gasteiger partial charge in [0.15, 0.2) is 0 Å². The maximum absolute atomic E-state index is 12.5. The average molecular weight is 309 g/mol. The van der Waals surface area contributed by atoms with E-state index in [1.54, 1.807) is 4.90 Å². The molecule has 4 nitrogen and oxygen atoms in total. The van der Waals surface area contributed by atoms with E-state index < -0.39 is 0 Å². The lowest BCUT2D eigenvalue weighted by Crippen LogP contribution is -2.41. The molecule has 1 saturated heterocycles. The maximum atomic E-state index is 12.5. The molecule has 0 aliphatic carbocycles. The van der Waals surface area contributed by atoms with Gasteiger partial charge in [-0.05, 0) is 11.1 Å². The predicted molar refractivity (Wildman–Crippen MR) is 86.8 cm³/mol. The summed E-state index contributed by atoms with van der Waals surface area (Å²) in [5, 5.41) is 0. The number of likely N-dealkylation sites (tertiary alicyclic amines) is 1. The standard InChI is InChI=1S/C19H19NO3/c21-17-11-12-20(18(13-17)16-9-5-2-6-10-16)19(22)23-14-15-7-3-1-4-8-15/h1-10,18H,11-14H2/t18-/m0/s1. The van der Waals surface area contributed by atoms with Gasteiger partial charge in [-0.3, -0.25) is 4.79 Å². The van der Waals surface area contributed by atoms with E-state index in [0.717, 1.165) is 11.1 Å². The first-order chi connectivity index (χ1) is 11.2. The summed E-state index contributed by atoms with van der Waals surface area (Å²) in [6, 6.07) is 19.0. The maximum Gasteiger partial charge on any atom is 0.410 e. The topological polar surface area (TPSA) is 46.6 Å². The molecule has 0 aromatic heterocycles. The Morgan fingerprint density at radius 3 is 2.39 bits per heavy atom. The van der Waals surface area contributed by atoms with Crippen molar-refractivity contribution < 1.29 is 14.3 Å². The molecule has 0 saturated carbocycles. The summed E-state index contributed by atoms with van der Waals surface area (Å²) in [4.78, 5) is 25.9. The summed E-state index contributed by atoms with van der Waals surface area (Å²) in [6.45, 7) is 0.650. The number of carbonyl (C=O) groups is 2. The van der Waals surface area contributed by atoms with E-state index in [1.165, 1.54) is 0 Å². The number of hydrogen-bond acceptors (Lipinski definition) is 3. The first-order valence-corrected chi connectivity index (χ1v) is 7.78. The van der Waals surface area contributed by atoms with Gasteiger partial charge in [0.1, 0.15) is 12.4 Å². The van der Waals surface area contributed by atoms with Gasteiger partial charge in [0.05, 0.1) is 6.04 Å². The molecule has 1 heterocycles. The van der Waals surface area contributed by atoms with Crippen molar-refractivity contribution in [2.45, 2.75) is 25.5 Å². The van der Waals surface area contributed by atoms with Crippen LogP contribution < -0.4 is 0 Å². The molecule has 1 aliphatic rings. The zero-order valence-corrected chi connectivity index (χ0v) is 12.9. The van der Waals surface area contributed by atoms with Crippen LogP contribution in [0.1, 0.15) is 30.0 Å². The van der Waals surface area contributed by atoms with E-state index >= 15 is 0 Å². The van der Waals surface area contributed by atoms with Crippen molar-refractivity contribution in [2.24, 2.45) is 0 Å². The minimum atomic E-state index is -0.366. The third-order valence-corrected chi connectivity index (χ3v) is 4.05. The van der Waals surface area contributed by atoms with Crippen LogP contribution in [0.4, 0.5) is 4.79 Å². The fourth-order valence-corrected chi connectivity index (χ4v) is 2.82. The molecule has 0 radical (unpaired) electrons. The zero-order valence-electron chi connectivity index (χ0n) is 12.9. The minimum absolute atomic E-state index is 0.186. The normalized spacial score (nSPS) is 17.8. The lowest BCUT2D eigenvalue weighted by Gasteiger charge is -2.34. The summed E-state index contributed by atoms with van der Waals surface area (Å²) >= 11 is 0. The minimum Gasteiger partial charge on any atom is -0.445 e. The quantitative estimate of drug-likeness (QED) is 0.868. The lowest BCUT2D eigenvalue weighted by atomic mass is 9.95. The number of Topliss-reactive ketones (excluding diaryl/α,β-unsaturated/α-hetero) is 1. The molecular formula is C19H19NO3. The molecular weight excluding hydrogens is 290 g/mol. The van der Waals surface area contributed by atoms with E-state index in [4.69, 9.17) is 4.74 Å². The third kappa shape index (κ3) is 3.77. The highest BCUT2D eigenvalue weighted by Gasteiger charge is 2.32. The van der Waals surface area contributed by atoms with Crippen molar-refractivity contribution in [1.82, 2.24) is 4.90 Å². The first-order valence-electron chi connectivity index (χ1n) is 7.78.